The van der Waals surface area contributed by atoms with Gasteiger partial charge < -0.3 is 10.3 Å². The number of imidazole rings is 1. The quantitative estimate of drug-likeness (QED) is 0.897. The summed E-state index contributed by atoms with van der Waals surface area (Å²) in [5.41, 5.74) is 9.84. The highest BCUT2D eigenvalue weighted by atomic mass is 15.0. The second-order valence-electron chi connectivity index (χ2n) is 5.25. The van der Waals surface area contributed by atoms with Crippen LogP contribution in [0.4, 0.5) is 0 Å². The van der Waals surface area contributed by atoms with Crippen molar-refractivity contribution in [1.29, 1.82) is 0 Å². The highest BCUT2D eigenvalue weighted by Gasteiger charge is 2.12. The molecule has 2 N–H and O–H groups in total. The molecule has 0 aliphatic carbocycles. The number of aromatic nitrogens is 2. The Morgan fingerprint density at radius 2 is 2.11 bits per heavy atom. The van der Waals surface area contributed by atoms with Crippen molar-refractivity contribution in [2.24, 2.45) is 18.7 Å². The minimum Gasteiger partial charge on any atom is -0.336 e. The molecule has 0 bridgehead atoms. The second-order valence-corrected chi connectivity index (χ2v) is 5.25. The van der Waals surface area contributed by atoms with Gasteiger partial charge in [-0.05, 0) is 23.5 Å². The first kappa shape index (κ1) is 12.8. The molecule has 0 aliphatic heterocycles. The summed E-state index contributed by atoms with van der Waals surface area (Å²) in [7, 11) is 1.97. The van der Waals surface area contributed by atoms with Crippen LogP contribution in [0, 0.1) is 5.92 Å². The first-order chi connectivity index (χ1) is 8.58. The van der Waals surface area contributed by atoms with E-state index in [1.807, 2.05) is 17.8 Å². The van der Waals surface area contributed by atoms with Crippen LogP contribution in [0.5, 0.6) is 0 Å². The Balaban J connectivity index is 2.25. The molecule has 0 radical (unpaired) electrons. The van der Waals surface area contributed by atoms with Crippen LogP contribution >= 0.6 is 0 Å². The van der Waals surface area contributed by atoms with E-state index in [2.05, 4.69) is 43.1 Å². The van der Waals surface area contributed by atoms with E-state index in [1.165, 1.54) is 5.56 Å². The lowest BCUT2D eigenvalue weighted by atomic mass is 9.97. The molecular weight excluding hydrogens is 222 g/mol. The molecule has 0 saturated heterocycles. The second kappa shape index (κ2) is 5.36. The van der Waals surface area contributed by atoms with Gasteiger partial charge in [-0.1, -0.05) is 38.1 Å². The first-order valence-electron chi connectivity index (χ1n) is 6.38. The lowest BCUT2D eigenvalue weighted by Gasteiger charge is -2.14. The zero-order valence-electron chi connectivity index (χ0n) is 11.3. The molecule has 2 rings (SSSR count). The smallest absolute Gasteiger partial charge is 0.0946 e. The summed E-state index contributed by atoms with van der Waals surface area (Å²) in [6.45, 7) is 4.46. The Morgan fingerprint density at radius 3 is 2.72 bits per heavy atom. The fourth-order valence-electron chi connectivity index (χ4n) is 2.22. The molecular formula is C15H21N3. The summed E-state index contributed by atoms with van der Waals surface area (Å²) < 4.78 is 1.97. The van der Waals surface area contributed by atoms with E-state index < -0.39 is 0 Å². The lowest BCUT2D eigenvalue weighted by molar-refractivity contribution is 0.645. The summed E-state index contributed by atoms with van der Waals surface area (Å²) in [6.07, 6.45) is 4.71. The number of hydrogen-bond acceptors (Lipinski definition) is 2. The van der Waals surface area contributed by atoms with Crippen LogP contribution in [0.3, 0.4) is 0 Å². The van der Waals surface area contributed by atoms with E-state index in [0.717, 1.165) is 17.7 Å². The van der Waals surface area contributed by atoms with Crippen molar-refractivity contribution in [1.82, 2.24) is 9.55 Å². The summed E-state index contributed by atoms with van der Waals surface area (Å²) in [5.74, 6) is 0.660. The SMILES string of the molecule is CC(C)Cc1cccc(C(N)c2cncn2C)c1. The van der Waals surface area contributed by atoms with Gasteiger partial charge >= 0.3 is 0 Å². The molecule has 0 aliphatic rings. The molecule has 0 amide bonds. The third kappa shape index (κ3) is 2.79. The fourth-order valence-corrected chi connectivity index (χ4v) is 2.22. The number of hydrogen-bond donors (Lipinski definition) is 1. The van der Waals surface area contributed by atoms with Crippen LogP contribution in [0.25, 0.3) is 0 Å². The van der Waals surface area contributed by atoms with E-state index in [1.54, 1.807) is 6.33 Å². The average molecular weight is 243 g/mol. The maximum absolute atomic E-state index is 6.30. The van der Waals surface area contributed by atoms with Crippen LogP contribution in [-0.4, -0.2) is 9.55 Å². The Bertz CT molecular complexity index is 514. The van der Waals surface area contributed by atoms with Gasteiger partial charge in [0.2, 0.25) is 0 Å². The highest BCUT2D eigenvalue weighted by molar-refractivity contribution is 5.31. The maximum Gasteiger partial charge on any atom is 0.0946 e. The topological polar surface area (TPSA) is 43.8 Å². The van der Waals surface area contributed by atoms with Gasteiger partial charge in [-0.3, -0.25) is 0 Å². The van der Waals surface area contributed by atoms with Crippen LogP contribution in [0.2, 0.25) is 0 Å². The number of rotatable bonds is 4. The van der Waals surface area contributed by atoms with Crippen molar-refractivity contribution in [2.45, 2.75) is 26.3 Å². The summed E-state index contributed by atoms with van der Waals surface area (Å²) in [4.78, 5) is 4.12. The molecule has 0 saturated carbocycles. The minimum atomic E-state index is -0.107. The molecule has 0 spiro atoms. The van der Waals surface area contributed by atoms with Crippen molar-refractivity contribution >= 4 is 0 Å². The van der Waals surface area contributed by atoms with E-state index in [4.69, 9.17) is 5.73 Å². The van der Waals surface area contributed by atoms with Gasteiger partial charge in [0.25, 0.3) is 0 Å². The van der Waals surface area contributed by atoms with Gasteiger partial charge in [-0.25, -0.2) is 4.98 Å². The van der Waals surface area contributed by atoms with Gasteiger partial charge in [0.1, 0.15) is 0 Å². The van der Waals surface area contributed by atoms with Gasteiger partial charge in [0.05, 0.1) is 24.3 Å². The average Bonchev–Trinajstić information content (AvgIpc) is 2.74. The normalized spacial score (nSPS) is 12.9. The van der Waals surface area contributed by atoms with E-state index in [-0.39, 0.29) is 6.04 Å². The Labute approximate surface area is 109 Å². The van der Waals surface area contributed by atoms with Crippen LogP contribution < -0.4 is 5.73 Å². The molecule has 1 heterocycles. The van der Waals surface area contributed by atoms with Crippen molar-refractivity contribution in [3.63, 3.8) is 0 Å². The van der Waals surface area contributed by atoms with Crippen molar-refractivity contribution in [3.8, 4) is 0 Å². The minimum absolute atomic E-state index is 0.107. The number of nitrogens with zero attached hydrogens (tertiary/aromatic N) is 2. The van der Waals surface area contributed by atoms with E-state index in [0.29, 0.717) is 5.92 Å². The molecule has 0 fully saturated rings. The Morgan fingerprint density at radius 1 is 1.33 bits per heavy atom. The molecule has 18 heavy (non-hydrogen) atoms. The van der Waals surface area contributed by atoms with Gasteiger partial charge in [0, 0.05) is 7.05 Å². The Hall–Kier alpha value is -1.61. The number of nitrogens with two attached hydrogens (primary N) is 1. The van der Waals surface area contributed by atoms with Crippen LogP contribution in [-0.2, 0) is 13.5 Å². The number of aryl methyl sites for hydroxylation is 1. The first-order valence-corrected chi connectivity index (χ1v) is 6.38. The Kier molecular flexibility index (Phi) is 3.82. The highest BCUT2D eigenvalue weighted by Crippen LogP contribution is 2.20. The lowest BCUT2D eigenvalue weighted by Crippen LogP contribution is -2.15. The van der Waals surface area contributed by atoms with Gasteiger partial charge in [0.15, 0.2) is 0 Å². The third-order valence-electron chi connectivity index (χ3n) is 3.13. The summed E-state index contributed by atoms with van der Waals surface area (Å²) in [5, 5.41) is 0. The van der Waals surface area contributed by atoms with Gasteiger partial charge in [-0.15, -0.1) is 0 Å². The molecule has 96 valence electrons. The molecule has 1 atom stereocenters. The van der Waals surface area contributed by atoms with E-state index >= 15 is 0 Å². The van der Waals surface area contributed by atoms with Gasteiger partial charge in [-0.2, -0.15) is 0 Å². The predicted octanol–water partition coefficient (Wildman–Crippen LogP) is 2.67. The van der Waals surface area contributed by atoms with Crippen LogP contribution in [0.1, 0.15) is 36.7 Å². The van der Waals surface area contributed by atoms with Crippen LogP contribution in [0.15, 0.2) is 36.8 Å². The third-order valence-corrected chi connectivity index (χ3v) is 3.13. The largest absolute Gasteiger partial charge is 0.336 e. The molecule has 2 aromatic rings. The molecule has 1 aromatic heterocycles. The molecule has 3 nitrogen and oxygen atoms in total. The molecule has 1 aromatic carbocycles. The van der Waals surface area contributed by atoms with Crippen molar-refractivity contribution in [2.75, 3.05) is 0 Å². The fraction of sp³-hybridized carbons (Fsp3) is 0.400. The van der Waals surface area contributed by atoms with Crippen molar-refractivity contribution < 1.29 is 0 Å². The molecule has 3 heteroatoms. The number of benzene rings is 1. The zero-order valence-corrected chi connectivity index (χ0v) is 11.3. The standard InChI is InChI=1S/C15H21N3/c1-11(2)7-12-5-4-6-13(8-12)15(16)14-9-17-10-18(14)3/h4-6,8-11,15H,7,16H2,1-3H3. The maximum atomic E-state index is 6.30. The predicted molar refractivity (Wildman–Crippen MR) is 74.2 cm³/mol. The monoisotopic (exact) mass is 243 g/mol. The summed E-state index contributed by atoms with van der Waals surface area (Å²) in [6, 6.07) is 8.44. The van der Waals surface area contributed by atoms with E-state index in [9.17, 15) is 0 Å². The summed E-state index contributed by atoms with van der Waals surface area (Å²) >= 11 is 0. The van der Waals surface area contributed by atoms with Crippen molar-refractivity contribution in [3.05, 3.63) is 53.6 Å². The molecule has 1 unspecified atom stereocenters. The zero-order chi connectivity index (χ0) is 13.1.